The van der Waals surface area contributed by atoms with E-state index in [2.05, 4.69) is 133 Å². The molecule has 0 unspecified atom stereocenters. The van der Waals surface area contributed by atoms with Crippen molar-refractivity contribution in [1.82, 2.24) is 9.97 Å². The first-order valence-electron chi connectivity index (χ1n) is 15.7. The molecule has 0 spiro atoms. The lowest BCUT2D eigenvalue weighted by Gasteiger charge is -2.12. The Balaban J connectivity index is 1.14. The molecule has 0 atom stereocenters. The maximum absolute atomic E-state index is 5.06. The summed E-state index contributed by atoms with van der Waals surface area (Å²) in [7, 11) is 0. The molecular weight excluding hydrogens is 556 g/mol. The molecule has 1 heterocycles. The van der Waals surface area contributed by atoms with Gasteiger partial charge in [-0.1, -0.05) is 152 Å². The van der Waals surface area contributed by atoms with Crippen molar-refractivity contribution < 1.29 is 0 Å². The third kappa shape index (κ3) is 4.43. The normalized spacial score (nSPS) is 11.5. The lowest BCUT2D eigenvalue weighted by molar-refractivity contribution is 1.18. The molecule has 214 valence electrons. The van der Waals surface area contributed by atoms with Crippen LogP contribution in [0, 0.1) is 0 Å². The van der Waals surface area contributed by atoms with Crippen LogP contribution in [-0.2, 0) is 0 Å². The van der Waals surface area contributed by atoms with Gasteiger partial charge in [0.05, 0.1) is 11.4 Å². The van der Waals surface area contributed by atoms with Gasteiger partial charge in [-0.25, -0.2) is 9.97 Å². The van der Waals surface area contributed by atoms with E-state index in [1.165, 1.54) is 44.2 Å². The largest absolute Gasteiger partial charge is 0.228 e. The SMILES string of the molecule is c1ccc(-c2cc(-c3ccccc3)nc(-c3cccc(-c4cccc(-c5ccc6c7c(cccc57)-c5ccccc5-6)c4)c3)n2)cc1. The van der Waals surface area contributed by atoms with E-state index < -0.39 is 0 Å². The van der Waals surface area contributed by atoms with E-state index in [9.17, 15) is 0 Å². The fraction of sp³-hybridized carbons (Fsp3) is 0. The highest BCUT2D eigenvalue weighted by molar-refractivity contribution is 6.18. The van der Waals surface area contributed by atoms with E-state index in [0.717, 1.165) is 39.2 Å². The first kappa shape index (κ1) is 26.3. The number of benzene rings is 7. The van der Waals surface area contributed by atoms with Crippen LogP contribution < -0.4 is 0 Å². The third-order valence-corrected chi connectivity index (χ3v) is 9.04. The molecule has 7 aromatic carbocycles. The van der Waals surface area contributed by atoms with Crippen LogP contribution in [0.5, 0.6) is 0 Å². The van der Waals surface area contributed by atoms with E-state index in [4.69, 9.17) is 9.97 Å². The Morgan fingerprint density at radius 1 is 0.283 bits per heavy atom. The van der Waals surface area contributed by atoms with Crippen molar-refractivity contribution in [2.75, 3.05) is 0 Å². The Kier molecular flexibility index (Phi) is 6.17. The zero-order valence-electron chi connectivity index (χ0n) is 25.1. The maximum Gasteiger partial charge on any atom is 0.160 e. The summed E-state index contributed by atoms with van der Waals surface area (Å²) in [5.74, 6) is 0.713. The Morgan fingerprint density at radius 2 is 0.739 bits per heavy atom. The van der Waals surface area contributed by atoms with Crippen LogP contribution in [0.3, 0.4) is 0 Å². The Labute approximate surface area is 268 Å². The molecule has 0 saturated carbocycles. The molecule has 0 N–H and O–H groups in total. The van der Waals surface area contributed by atoms with Crippen molar-refractivity contribution in [1.29, 1.82) is 0 Å². The van der Waals surface area contributed by atoms with Crippen LogP contribution in [0.1, 0.15) is 0 Å². The van der Waals surface area contributed by atoms with Gasteiger partial charge < -0.3 is 0 Å². The highest BCUT2D eigenvalue weighted by Crippen LogP contribution is 2.49. The van der Waals surface area contributed by atoms with Gasteiger partial charge in [0.15, 0.2) is 5.82 Å². The number of hydrogen-bond donors (Lipinski definition) is 0. The summed E-state index contributed by atoms with van der Waals surface area (Å²) in [6.07, 6.45) is 0. The maximum atomic E-state index is 5.06. The molecule has 46 heavy (non-hydrogen) atoms. The minimum Gasteiger partial charge on any atom is -0.228 e. The number of aromatic nitrogens is 2. The van der Waals surface area contributed by atoms with Gasteiger partial charge in [-0.3, -0.25) is 0 Å². The molecule has 2 nitrogen and oxygen atoms in total. The van der Waals surface area contributed by atoms with Gasteiger partial charge in [0.1, 0.15) is 0 Å². The van der Waals surface area contributed by atoms with Crippen molar-refractivity contribution >= 4 is 10.8 Å². The highest BCUT2D eigenvalue weighted by atomic mass is 14.9. The molecule has 0 radical (unpaired) electrons. The van der Waals surface area contributed by atoms with Crippen LogP contribution in [0.15, 0.2) is 170 Å². The molecule has 1 aliphatic rings. The average molecular weight is 585 g/mol. The van der Waals surface area contributed by atoms with Crippen LogP contribution in [-0.4, -0.2) is 9.97 Å². The van der Waals surface area contributed by atoms with E-state index in [0.29, 0.717) is 5.82 Å². The van der Waals surface area contributed by atoms with Crippen LogP contribution in [0.25, 0.3) is 89.2 Å². The molecular formula is C44H28N2. The number of rotatable bonds is 5. The van der Waals surface area contributed by atoms with E-state index in [-0.39, 0.29) is 0 Å². The van der Waals surface area contributed by atoms with Crippen molar-refractivity contribution in [2.24, 2.45) is 0 Å². The van der Waals surface area contributed by atoms with Crippen LogP contribution >= 0.6 is 0 Å². The second-order valence-corrected chi connectivity index (χ2v) is 11.8. The predicted octanol–water partition coefficient (Wildman–Crippen LogP) is 11.6. The van der Waals surface area contributed by atoms with Gasteiger partial charge in [0, 0.05) is 16.7 Å². The first-order valence-corrected chi connectivity index (χ1v) is 15.7. The van der Waals surface area contributed by atoms with Crippen LogP contribution in [0.2, 0.25) is 0 Å². The highest BCUT2D eigenvalue weighted by Gasteiger charge is 2.22. The molecule has 0 bridgehead atoms. The summed E-state index contributed by atoms with van der Waals surface area (Å²) in [5.41, 5.74) is 15.0. The lowest BCUT2D eigenvalue weighted by atomic mass is 9.92. The molecule has 8 aromatic rings. The van der Waals surface area contributed by atoms with E-state index in [1.54, 1.807) is 0 Å². The standard InChI is InChI=1S/C44H28N2/c1-3-12-29(13-4-1)41-28-42(30-14-5-2-6-15-30)46-44(45-41)34-19-10-17-32(27-34)31-16-9-18-33(26-31)35-24-25-40-37-21-8-7-20-36(37)39-23-11-22-38(35)43(39)40/h1-28H. The Bertz CT molecular complexity index is 2320. The summed E-state index contributed by atoms with van der Waals surface area (Å²) in [6, 6.07) is 60.2. The van der Waals surface area contributed by atoms with Gasteiger partial charge >= 0.3 is 0 Å². The third-order valence-electron chi connectivity index (χ3n) is 9.04. The summed E-state index contributed by atoms with van der Waals surface area (Å²) >= 11 is 0. The van der Waals surface area contributed by atoms with Crippen molar-refractivity contribution in [2.45, 2.75) is 0 Å². The molecule has 0 saturated heterocycles. The molecule has 9 rings (SSSR count). The molecule has 0 fully saturated rings. The first-order chi connectivity index (χ1) is 22.8. The summed E-state index contributed by atoms with van der Waals surface area (Å²) < 4.78 is 0. The van der Waals surface area contributed by atoms with Gasteiger partial charge in [0.25, 0.3) is 0 Å². The fourth-order valence-electron chi connectivity index (χ4n) is 6.85. The molecule has 0 amide bonds. The minimum atomic E-state index is 0.713. The second kappa shape index (κ2) is 10.8. The van der Waals surface area contributed by atoms with Gasteiger partial charge in [0.2, 0.25) is 0 Å². The predicted molar refractivity (Wildman–Crippen MR) is 191 cm³/mol. The van der Waals surface area contributed by atoms with Crippen molar-refractivity contribution in [3.8, 4) is 78.4 Å². The zero-order chi connectivity index (χ0) is 30.5. The smallest absolute Gasteiger partial charge is 0.160 e. The van der Waals surface area contributed by atoms with E-state index in [1.807, 2.05) is 36.4 Å². The van der Waals surface area contributed by atoms with Gasteiger partial charge in [-0.05, 0) is 73.5 Å². The fourth-order valence-corrected chi connectivity index (χ4v) is 6.85. The van der Waals surface area contributed by atoms with Gasteiger partial charge in [-0.15, -0.1) is 0 Å². The number of nitrogens with zero attached hydrogens (tertiary/aromatic N) is 2. The Hall–Kier alpha value is -6.12. The monoisotopic (exact) mass is 584 g/mol. The molecule has 1 aliphatic carbocycles. The summed E-state index contributed by atoms with van der Waals surface area (Å²) in [5, 5.41) is 2.63. The summed E-state index contributed by atoms with van der Waals surface area (Å²) in [6.45, 7) is 0. The van der Waals surface area contributed by atoms with Gasteiger partial charge in [-0.2, -0.15) is 0 Å². The quantitative estimate of drug-likeness (QED) is 0.201. The van der Waals surface area contributed by atoms with E-state index >= 15 is 0 Å². The van der Waals surface area contributed by atoms with Crippen LogP contribution in [0.4, 0.5) is 0 Å². The van der Waals surface area contributed by atoms with Crippen molar-refractivity contribution in [3.63, 3.8) is 0 Å². The molecule has 0 aliphatic heterocycles. The van der Waals surface area contributed by atoms with Crippen molar-refractivity contribution in [3.05, 3.63) is 170 Å². The summed E-state index contributed by atoms with van der Waals surface area (Å²) in [4.78, 5) is 10.1. The lowest BCUT2D eigenvalue weighted by Crippen LogP contribution is -1.96. The average Bonchev–Trinajstić information content (AvgIpc) is 3.47. The molecule has 1 aromatic heterocycles. The topological polar surface area (TPSA) is 25.8 Å². The minimum absolute atomic E-state index is 0.713. The second-order valence-electron chi connectivity index (χ2n) is 11.8. The zero-order valence-corrected chi connectivity index (χ0v) is 25.1. The molecule has 2 heteroatoms. The Morgan fingerprint density at radius 3 is 1.39 bits per heavy atom. The number of hydrogen-bond acceptors (Lipinski definition) is 2. The number of fused-ring (bicyclic) bond motifs is 3.